The van der Waals surface area contributed by atoms with Gasteiger partial charge in [0.05, 0.1) is 17.4 Å². The van der Waals surface area contributed by atoms with Crippen molar-refractivity contribution >= 4 is 5.97 Å². The van der Waals surface area contributed by atoms with Gasteiger partial charge in [-0.05, 0) is 44.0 Å². The van der Waals surface area contributed by atoms with Crippen molar-refractivity contribution in [2.75, 3.05) is 13.2 Å². The molecule has 0 saturated carbocycles. The summed E-state index contributed by atoms with van der Waals surface area (Å²) < 4.78 is 5.16. The van der Waals surface area contributed by atoms with Crippen LogP contribution in [0.15, 0.2) is 36.7 Å². The molecule has 0 spiro atoms. The largest absolute Gasteiger partial charge is 0.482 e. The number of hydrogen-bond acceptors (Lipinski definition) is 5. The van der Waals surface area contributed by atoms with Crippen LogP contribution < -0.4 is 4.74 Å². The van der Waals surface area contributed by atoms with E-state index in [0.717, 1.165) is 37.3 Å². The molecule has 1 atom stereocenters. The monoisotopic (exact) mass is 327 g/mol. The zero-order chi connectivity index (χ0) is 16.9. The first-order valence-electron chi connectivity index (χ1n) is 8.08. The summed E-state index contributed by atoms with van der Waals surface area (Å²) in [5, 5.41) is 8.63. The molecule has 0 radical (unpaired) electrons. The van der Waals surface area contributed by atoms with Gasteiger partial charge in [0.25, 0.3) is 0 Å². The van der Waals surface area contributed by atoms with Crippen LogP contribution in [-0.2, 0) is 11.3 Å². The fourth-order valence-electron chi connectivity index (χ4n) is 3.06. The zero-order valence-electron chi connectivity index (χ0n) is 13.7. The van der Waals surface area contributed by atoms with Crippen LogP contribution >= 0.6 is 0 Å². The molecule has 1 aromatic carbocycles. The number of benzene rings is 1. The molecule has 0 bridgehead atoms. The molecule has 1 fully saturated rings. The van der Waals surface area contributed by atoms with Crippen molar-refractivity contribution in [3.8, 4) is 5.75 Å². The van der Waals surface area contributed by atoms with Crippen LogP contribution in [0, 0.1) is 6.92 Å². The molecule has 6 nitrogen and oxygen atoms in total. The number of likely N-dealkylation sites (tertiary alicyclic amines) is 1. The molecular weight excluding hydrogens is 306 g/mol. The van der Waals surface area contributed by atoms with E-state index in [2.05, 4.69) is 14.9 Å². The van der Waals surface area contributed by atoms with E-state index < -0.39 is 5.97 Å². The van der Waals surface area contributed by atoms with E-state index in [1.165, 1.54) is 5.56 Å². The van der Waals surface area contributed by atoms with Gasteiger partial charge in [0.2, 0.25) is 0 Å². The number of aryl methyl sites for hydroxylation is 1. The van der Waals surface area contributed by atoms with Crippen LogP contribution in [0.2, 0.25) is 0 Å². The third kappa shape index (κ3) is 4.08. The molecule has 1 aliphatic heterocycles. The molecule has 2 heterocycles. The van der Waals surface area contributed by atoms with Crippen molar-refractivity contribution in [1.82, 2.24) is 14.9 Å². The smallest absolute Gasteiger partial charge is 0.341 e. The molecule has 1 aromatic heterocycles. The molecule has 6 heteroatoms. The normalized spacial score (nSPS) is 17.8. The lowest BCUT2D eigenvalue weighted by atomic mass is 10.1. The molecule has 0 aliphatic carbocycles. The van der Waals surface area contributed by atoms with Crippen LogP contribution in [0.3, 0.4) is 0 Å². The quantitative estimate of drug-likeness (QED) is 0.879. The van der Waals surface area contributed by atoms with Crippen molar-refractivity contribution < 1.29 is 14.6 Å². The highest BCUT2D eigenvalue weighted by Gasteiger charge is 2.27. The summed E-state index contributed by atoms with van der Waals surface area (Å²) >= 11 is 0. The molecule has 0 unspecified atom stereocenters. The number of carboxylic acid groups (broad SMARTS) is 1. The first-order valence-corrected chi connectivity index (χ1v) is 8.08. The van der Waals surface area contributed by atoms with E-state index in [0.29, 0.717) is 11.8 Å². The Hall–Kier alpha value is -2.47. The molecule has 126 valence electrons. The number of hydrogen-bond donors (Lipinski definition) is 1. The predicted molar refractivity (Wildman–Crippen MR) is 88.7 cm³/mol. The van der Waals surface area contributed by atoms with Gasteiger partial charge in [0, 0.05) is 18.9 Å². The fourth-order valence-corrected chi connectivity index (χ4v) is 3.06. The topological polar surface area (TPSA) is 75.6 Å². The molecule has 2 aromatic rings. The van der Waals surface area contributed by atoms with E-state index in [1.807, 2.05) is 37.4 Å². The standard InChI is InChI=1S/C18H21N3O3/c1-13-9-19-10-16(20-13)17-3-2-8-21(17)11-14-4-6-15(7-5-14)24-12-18(22)23/h4-7,9-10,17H,2-3,8,11-12H2,1H3,(H,22,23)/t17-/m0/s1. The first-order chi connectivity index (χ1) is 11.6. The summed E-state index contributed by atoms with van der Waals surface area (Å²) in [7, 11) is 0. The van der Waals surface area contributed by atoms with Gasteiger partial charge in [-0.3, -0.25) is 14.9 Å². The average molecular weight is 327 g/mol. The summed E-state index contributed by atoms with van der Waals surface area (Å²) in [6.07, 6.45) is 5.88. The third-order valence-electron chi connectivity index (χ3n) is 4.15. The SMILES string of the molecule is Cc1cncc([C@@H]2CCCN2Cc2ccc(OCC(=O)O)cc2)n1. The van der Waals surface area contributed by atoms with Crippen LogP contribution in [0.5, 0.6) is 5.75 Å². The Kier molecular flexibility index (Phi) is 5.05. The number of nitrogens with zero attached hydrogens (tertiary/aromatic N) is 3. The lowest BCUT2D eigenvalue weighted by Gasteiger charge is -2.24. The number of rotatable bonds is 6. The fraction of sp³-hybridized carbons (Fsp3) is 0.389. The third-order valence-corrected chi connectivity index (χ3v) is 4.15. The second-order valence-electron chi connectivity index (χ2n) is 6.04. The van der Waals surface area contributed by atoms with Crippen molar-refractivity contribution in [1.29, 1.82) is 0 Å². The van der Waals surface area contributed by atoms with E-state index in [1.54, 1.807) is 6.20 Å². The van der Waals surface area contributed by atoms with Gasteiger partial charge in [-0.1, -0.05) is 12.1 Å². The van der Waals surface area contributed by atoms with Crippen molar-refractivity contribution in [2.24, 2.45) is 0 Å². The van der Waals surface area contributed by atoms with E-state index in [9.17, 15) is 4.79 Å². The summed E-state index contributed by atoms with van der Waals surface area (Å²) in [4.78, 5) is 21.8. The van der Waals surface area contributed by atoms with Crippen LogP contribution in [0.1, 0.15) is 35.8 Å². The number of aromatic nitrogens is 2. The number of carboxylic acids is 1. The lowest BCUT2D eigenvalue weighted by molar-refractivity contribution is -0.139. The Bertz CT molecular complexity index is 703. The minimum absolute atomic E-state index is 0.306. The maximum atomic E-state index is 10.5. The maximum absolute atomic E-state index is 10.5. The van der Waals surface area contributed by atoms with Crippen molar-refractivity contribution in [3.05, 3.63) is 53.6 Å². The Balaban J connectivity index is 1.65. The van der Waals surface area contributed by atoms with Crippen LogP contribution in [0.4, 0.5) is 0 Å². The van der Waals surface area contributed by atoms with Gasteiger partial charge in [-0.25, -0.2) is 4.79 Å². The predicted octanol–water partition coefficient (Wildman–Crippen LogP) is 2.59. The summed E-state index contributed by atoms with van der Waals surface area (Å²) in [5.74, 6) is -0.401. The Morgan fingerprint density at radius 1 is 1.33 bits per heavy atom. The molecule has 1 aliphatic rings. The molecule has 1 saturated heterocycles. The molecule has 24 heavy (non-hydrogen) atoms. The first kappa shape index (κ1) is 16.4. The van der Waals surface area contributed by atoms with Gasteiger partial charge in [0.15, 0.2) is 6.61 Å². The Morgan fingerprint density at radius 3 is 2.83 bits per heavy atom. The maximum Gasteiger partial charge on any atom is 0.341 e. The van der Waals surface area contributed by atoms with Crippen molar-refractivity contribution in [3.63, 3.8) is 0 Å². The highest BCUT2D eigenvalue weighted by Crippen LogP contribution is 2.32. The zero-order valence-corrected chi connectivity index (χ0v) is 13.7. The minimum Gasteiger partial charge on any atom is -0.482 e. The second-order valence-corrected chi connectivity index (χ2v) is 6.04. The molecule has 0 amide bonds. The van der Waals surface area contributed by atoms with Crippen LogP contribution in [0.25, 0.3) is 0 Å². The summed E-state index contributed by atoms with van der Waals surface area (Å²) in [5.41, 5.74) is 3.15. The van der Waals surface area contributed by atoms with Crippen LogP contribution in [-0.4, -0.2) is 39.1 Å². The minimum atomic E-state index is -0.974. The Morgan fingerprint density at radius 2 is 2.12 bits per heavy atom. The molecule has 3 rings (SSSR count). The summed E-state index contributed by atoms with van der Waals surface area (Å²) in [6.45, 7) is 3.52. The van der Waals surface area contributed by atoms with Gasteiger partial charge < -0.3 is 9.84 Å². The van der Waals surface area contributed by atoms with E-state index in [4.69, 9.17) is 9.84 Å². The van der Waals surface area contributed by atoms with E-state index >= 15 is 0 Å². The summed E-state index contributed by atoms with van der Waals surface area (Å²) in [6, 6.07) is 7.90. The van der Waals surface area contributed by atoms with Gasteiger partial charge in [-0.15, -0.1) is 0 Å². The van der Waals surface area contributed by atoms with Gasteiger partial charge in [-0.2, -0.15) is 0 Å². The highest BCUT2D eigenvalue weighted by atomic mass is 16.5. The van der Waals surface area contributed by atoms with Gasteiger partial charge in [0.1, 0.15) is 5.75 Å². The van der Waals surface area contributed by atoms with E-state index in [-0.39, 0.29) is 6.61 Å². The number of carbonyl (C=O) groups is 1. The number of ether oxygens (including phenoxy) is 1. The highest BCUT2D eigenvalue weighted by molar-refractivity contribution is 5.68. The lowest BCUT2D eigenvalue weighted by Crippen LogP contribution is -2.23. The second kappa shape index (κ2) is 7.40. The molecule has 1 N–H and O–H groups in total. The average Bonchev–Trinajstić information content (AvgIpc) is 3.02. The molecular formula is C18H21N3O3. The number of aliphatic carboxylic acids is 1. The van der Waals surface area contributed by atoms with Gasteiger partial charge >= 0.3 is 5.97 Å². The van der Waals surface area contributed by atoms with Crippen molar-refractivity contribution in [2.45, 2.75) is 32.4 Å². The Labute approximate surface area is 141 Å².